The second-order valence-corrected chi connectivity index (χ2v) is 7.16. The number of benzene rings is 1. The van der Waals surface area contributed by atoms with Gasteiger partial charge in [-0.25, -0.2) is 0 Å². The van der Waals surface area contributed by atoms with E-state index in [-0.39, 0.29) is 6.29 Å². The van der Waals surface area contributed by atoms with Crippen molar-refractivity contribution in [2.24, 2.45) is 5.92 Å². The molecule has 3 atom stereocenters. The Balaban J connectivity index is 1.69. The molecule has 2 fully saturated rings. The number of hydrogen-bond donors (Lipinski definition) is 0. The number of rotatable bonds is 4. The number of aryl methyl sites for hydroxylation is 1. The SMILES string of the molecule is Cc1ccc(COC2CCCCO2)cc1C1CC(=O)CCC1C. The van der Waals surface area contributed by atoms with Gasteiger partial charge in [-0.3, -0.25) is 4.79 Å². The highest BCUT2D eigenvalue weighted by Gasteiger charge is 2.28. The molecule has 0 N–H and O–H groups in total. The molecule has 1 saturated carbocycles. The van der Waals surface area contributed by atoms with Gasteiger partial charge in [0.2, 0.25) is 0 Å². The van der Waals surface area contributed by atoms with Gasteiger partial charge in [0.25, 0.3) is 0 Å². The van der Waals surface area contributed by atoms with E-state index in [0.717, 1.165) is 32.3 Å². The molecule has 0 bridgehead atoms. The first-order valence-corrected chi connectivity index (χ1v) is 8.98. The summed E-state index contributed by atoms with van der Waals surface area (Å²) in [7, 11) is 0. The fourth-order valence-electron chi connectivity index (χ4n) is 3.77. The molecular weight excluding hydrogens is 288 g/mol. The molecule has 23 heavy (non-hydrogen) atoms. The molecule has 0 aromatic heterocycles. The number of ketones is 1. The molecule has 1 aliphatic carbocycles. The lowest BCUT2D eigenvalue weighted by molar-refractivity contribution is -0.168. The summed E-state index contributed by atoms with van der Waals surface area (Å²) in [4.78, 5) is 11.9. The van der Waals surface area contributed by atoms with Crippen molar-refractivity contribution in [2.45, 2.75) is 71.2 Å². The van der Waals surface area contributed by atoms with Gasteiger partial charge in [0.15, 0.2) is 6.29 Å². The van der Waals surface area contributed by atoms with Crippen LogP contribution >= 0.6 is 0 Å². The summed E-state index contributed by atoms with van der Waals surface area (Å²) >= 11 is 0. The highest BCUT2D eigenvalue weighted by molar-refractivity contribution is 5.80. The number of hydrogen-bond acceptors (Lipinski definition) is 3. The zero-order valence-corrected chi connectivity index (χ0v) is 14.3. The average Bonchev–Trinajstić information content (AvgIpc) is 2.57. The van der Waals surface area contributed by atoms with Crippen LogP contribution in [0.1, 0.15) is 68.1 Å². The molecule has 126 valence electrons. The van der Waals surface area contributed by atoms with Crippen molar-refractivity contribution >= 4 is 5.78 Å². The Morgan fingerprint density at radius 2 is 2.13 bits per heavy atom. The largest absolute Gasteiger partial charge is 0.353 e. The molecule has 1 heterocycles. The van der Waals surface area contributed by atoms with Crippen molar-refractivity contribution in [1.82, 2.24) is 0 Å². The zero-order valence-electron chi connectivity index (χ0n) is 14.3. The summed E-state index contributed by atoms with van der Waals surface area (Å²) in [6, 6.07) is 6.55. The van der Waals surface area contributed by atoms with E-state index in [1.54, 1.807) is 0 Å². The monoisotopic (exact) mass is 316 g/mol. The Morgan fingerprint density at radius 3 is 2.91 bits per heavy atom. The summed E-state index contributed by atoms with van der Waals surface area (Å²) in [6.45, 7) is 5.82. The summed E-state index contributed by atoms with van der Waals surface area (Å²) in [5.74, 6) is 1.34. The third-order valence-corrected chi connectivity index (χ3v) is 5.33. The van der Waals surface area contributed by atoms with Gasteiger partial charge >= 0.3 is 0 Å². The molecule has 1 aromatic rings. The summed E-state index contributed by atoms with van der Waals surface area (Å²) in [5.41, 5.74) is 3.80. The van der Waals surface area contributed by atoms with E-state index in [0.29, 0.717) is 30.6 Å². The molecule has 1 saturated heterocycles. The standard InChI is InChI=1S/C20H28O3/c1-14-6-8-16(13-23-20-5-3-4-10-22-20)11-18(14)19-12-17(21)9-7-15(19)2/h6,8,11,15,19-20H,3-5,7,9-10,12-13H2,1-2H3. The highest BCUT2D eigenvalue weighted by atomic mass is 16.7. The van der Waals surface area contributed by atoms with Crippen molar-refractivity contribution in [3.05, 3.63) is 34.9 Å². The molecule has 1 aliphatic heterocycles. The number of ether oxygens (including phenoxy) is 2. The van der Waals surface area contributed by atoms with Gasteiger partial charge in [-0.05, 0) is 61.1 Å². The van der Waals surface area contributed by atoms with Crippen molar-refractivity contribution in [3.63, 3.8) is 0 Å². The Bertz CT molecular complexity index is 546. The van der Waals surface area contributed by atoms with Crippen molar-refractivity contribution in [1.29, 1.82) is 0 Å². The first-order valence-electron chi connectivity index (χ1n) is 8.98. The zero-order chi connectivity index (χ0) is 16.2. The van der Waals surface area contributed by atoms with E-state index >= 15 is 0 Å². The fraction of sp³-hybridized carbons (Fsp3) is 0.650. The van der Waals surface area contributed by atoms with Gasteiger partial charge in [-0.15, -0.1) is 0 Å². The highest BCUT2D eigenvalue weighted by Crippen LogP contribution is 2.37. The van der Waals surface area contributed by atoms with Gasteiger partial charge in [0.05, 0.1) is 6.61 Å². The smallest absolute Gasteiger partial charge is 0.158 e. The van der Waals surface area contributed by atoms with Crippen LogP contribution in [0.4, 0.5) is 0 Å². The van der Waals surface area contributed by atoms with E-state index in [1.807, 2.05) is 0 Å². The Labute approximate surface area is 139 Å². The van der Waals surface area contributed by atoms with E-state index < -0.39 is 0 Å². The average molecular weight is 316 g/mol. The molecular formula is C20H28O3. The van der Waals surface area contributed by atoms with Crippen LogP contribution in [0.2, 0.25) is 0 Å². The van der Waals surface area contributed by atoms with E-state index in [2.05, 4.69) is 32.0 Å². The van der Waals surface area contributed by atoms with E-state index in [4.69, 9.17) is 9.47 Å². The predicted octanol–water partition coefficient (Wildman–Crippen LogP) is 4.51. The Hall–Kier alpha value is -1.19. The minimum atomic E-state index is -0.0521. The van der Waals surface area contributed by atoms with Gasteiger partial charge in [0, 0.05) is 19.4 Å². The van der Waals surface area contributed by atoms with Crippen LogP contribution in [0.5, 0.6) is 0 Å². The van der Waals surface area contributed by atoms with Crippen LogP contribution in [0, 0.1) is 12.8 Å². The predicted molar refractivity (Wildman–Crippen MR) is 90.3 cm³/mol. The van der Waals surface area contributed by atoms with Crippen LogP contribution < -0.4 is 0 Å². The first kappa shape index (κ1) is 16.7. The number of carbonyl (C=O) groups excluding carboxylic acids is 1. The number of carbonyl (C=O) groups is 1. The van der Waals surface area contributed by atoms with Crippen molar-refractivity contribution in [2.75, 3.05) is 6.61 Å². The summed E-state index contributed by atoms with van der Waals surface area (Å²) in [5, 5.41) is 0. The normalized spacial score (nSPS) is 28.8. The molecule has 3 rings (SSSR count). The third kappa shape index (κ3) is 4.21. The lowest BCUT2D eigenvalue weighted by Gasteiger charge is -2.30. The lowest BCUT2D eigenvalue weighted by atomic mass is 9.74. The molecule has 3 nitrogen and oxygen atoms in total. The van der Waals surface area contributed by atoms with E-state index in [1.165, 1.54) is 23.1 Å². The van der Waals surface area contributed by atoms with Gasteiger partial charge in [0.1, 0.15) is 5.78 Å². The second kappa shape index (κ2) is 7.59. The first-order chi connectivity index (χ1) is 11.1. The molecule has 0 radical (unpaired) electrons. The van der Waals surface area contributed by atoms with E-state index in [9.17, 15) is 4.79 Å². The molecule has 3 heteroatoms. The van der Waals surface area contributed by atoms with Gasteiger partial charge in [-0.1, -0.05) is 25.1 Å². The fourth-order valence-corrected chi connectivity index (χ4v) is 3.77. The molecule has 0 amide bonds. The van der Waals surface area contributed by atoms with Crippen LogP contribution in [0.15, 0.2) is 18.2 Å². The van der Waals surface area contributed by atoms with Crippen LogP contribution in [-0.4, -0.2) is 18.7 Å². The van der Waals surface area contributed by atoms with Gasteiger partial charge < -0.3 is 9.47 Å². The molecule has 0 spiro atoms. The topological polar surface area (TPSA) is 35.5 Å². The summed E-state index contributed by atoms with van der Waals surface area (Å²) < 4.78 is 11.5. The minimum Gasteiger partial charge on any atom is -0.353 e. The maximum absolute atomic E-state index is 11.9. The third-order valence-electron chi connectivity index (χ3n) is 5.33. The maximum Gasteiger partial charge on any atom is 0.158 e. The quantitative estimate of drug-likeness (QED) is 0.820. The maximum atomic E-state index is 11.9. The molecule has 1 aromatic carbocycles. The van der Waals surface area contributed by atoms with Crippen LogP contribution in [0.25, 0.3) is 0 Å². The molecule has 3 unspecified atom stereocenters. The minimum absolute atomic E-state index is 0.0521. The lowest BCUT2D eigenvalue weighted by Crippen LogP contribution is -2.23. The second-order valence-electron chi connectivity index (χ2n) is 7.16. The van der Waals surface area contributed by atoms with Crippen molar-refractivity contribution in [3.8, 4) is 0 Å². The Morgan fingerprint density at radius 1 is 1.26 bits per heavy atom. The van der Waals surface area contributed by atoms with Crippen LogP contribution in [-0.2, 0) is 20.9 Å². The molecule has 2 aliphatic rings. The number of Topliss-reactive ketones (excluding diaryl/α,β-unsaturated/α-hetero) is 1. The van der Waals surface area contributed by atoms with Crippen LogP contribution in [0.3, 0.4) is 0 Å². The van der Waals surface area contributed by atoms with Crippen molar-refractivity contribution < 1.29 is 14.3 Å². The Kier molecular flexibility index (Phi) is 5.50. The summed E-state index contributed by atoms with van der Waals surface area (Å²) in [6.07, 6.45) is 5.72. The van der Waals surface area contributed by atoms with Gasteiger partial charge in [-0.2, -0.15) is 0 Å².